The Hall–Kier alpha value is -1.70. The van der Waals surface area contributed by atoms with Crippen LogP contribution in [0, 0.1) is 20.4 Å². The fourth-order valence-electron chi connectivity index (χ4n) is 1.84. The highest BCUT2D eigenvalue weighted by atomic mass is 15.3. The first-order chi connectivity index (χ1) is 7.20. The summed E-state index contributed by atoms with van der Waals surface area (Å²) in [4.78, 5) is 18.2. The molecule has 78 valence electrons. The molecule has 1 fully saturated rings. The summed E-state index contributed by atoms with van der Waals surface area (Å²) in [5, 5.41) is 0. The molecule has 0 aromatic carbocycles. The summed E-state index contributed by atoms with van der Waals surface area (Å²) >= 11 is 0. The lowest BCUT2D eigenvalue weighted by molar-refractivity contribution is 0.758. The predicted molar refractivity (Wildman–Crippen MR) is 56.3 cm³/mol. The van der Waals surface area contributed by atoms with Crippen LogP contribution >= 0.6 is 0 Å². The van der Waals surface area contributed by atoms with Crippen LogP contribution in [0.5, 0.6) is 0 Å². The molecule has 2 heterocycles. The molecule has 1 saturated heterocycles. The van der Waals surface area contributed by atoms with Crippen molar-refractivity contribution in [3.63, 3.8) is 0 Å². The van der Waals surface area contributed by atoms with E-state index in [0.717, 1.165) is 19.4 Å². The summed E-state index contributed by atoms with van der Waals surface area (Å²) in [5.41, 5.74) is 0. The molecule has 1 aromatic rings. The summed E-state index contributed by atoms with van der Waals surface area (Å²) in [5.74, 6) is 2.08. The van der Waals surface area contributed by atoms with Crippen molar-refractivity contribution in [2.24, 2.45) is 0 Å². The van der Waals surface area contributed by atoms with Crippen LogP contribution < -0.4 is 4.90 Å². The van der Waals surface area contributed by atoms with Crippen molar-refractivity contribution in [3.05, 3.63) is 23.1 Å². The molecule has 1 atom stereocenters. The Labute approximate surface area is 89.0 Å². The van der Waals surface area contributed by atoms with Crippen LogP contribution in [0.25, 0.3) is 4.85 Å². The van der Waals surface area contributed by atoms with Gasteiger partial charge in [-0.3, -0.25) is 9.74 Å². The number of hydrogen-bond donors (Lipinski definition) is 0. The van der Waals surface area contributed by atoms with Gasteiger partial charge in [-0.05, 0) is 20.3 Å². The van der Waals surface area contributed by atoms with Gasteiger partial charge in [0.05, 0.1) is 0 Å². The molecule has 0 unspecified atom stereocenters. The quantitative estimate of drug-likeness (QED) is 0.646. The van der Waals surface area contributed by atoms with Crippen molar-refractivity contribution in [1.82, 2.24) is 15.0 Å². The molecule has 0 N–H and O–H groups in total. The van der Waals surface area contributed by atoms with E-state index in [1.807, 2.05) is 18.7 Å². The van der Waals surface area contributed by atoms with Gasteiger partial charge in [0.1, 0.15) is 11.6 Å². The van der Waals surface area contributed by atoms with E-state index in [9.17, 15) is 0 Å². The van der Waals surface area contributed by atoms with E-state index in [4.69, 9.17) is 6.57 Å². The molecular weight excluding hydrogens is 190 g/mol. The van der Waals surface area contributed by atoms with Gasteiger partial charge in [0.25, 0.3) is 0 Å². The largest absolute Gasteiger partial charge is 0.300 e. The number of anilines is 1. The Bertz CT molecular complexity index is 389. The van der Waals surface area contributed by atoms with Crippen molar-refractivity contribution in [3.8, 4) is 0 Å². The number of aromatic nitrogens is 3. The molecule has 1 aromatic heterocycles. The van der Waals surface area contributed by atoms with Crippen molar-refractivity contribution in [2.45, 2.75) is 32.9 Å². The third kappa shape index (κ3) is 1.89. The maximum Gasteiger partial charge on any atom is 0.300 e. The minimum atomic E-state index is -0.0915. The molecule has 0 saturated carbocycles. The SMILES string of the molecule is [C-]#[N+][C@@H]1CCCN1c1nc(C)nc(C)n1. The molecule has 15 heavy (non-hydrogen) atoms. The molecule has 1 aliphatic heterocycles. The number of aryl methyl sites for hydroxylation is 2. The van der Waals surface area contributed by atoms with E-state index in [1.165, 1.54) is 0 Å². The molecule has 0 spiro atoms. The van der Waals surface area contributed by atoms with Gasteiger partial charge in [-0.25, -0.2) is 11.6 Å². The van der Waals surface area contributed by atoms with Crippen LogP contribution in [0.3, 0.4) is 0 Å². The van der Waals surface area contributed by atoms with Crippen molar-refractivity contribution < 1.29 is 0 Å². The maximum atomic E-state index is 7.10. The number of nitrogens with zero attached hydrogens (tertiary/aromatic N) is 5. The summed E-state index contributed by atoms with van der Waals surface area (Å²) < 4.78 is 0. The Morgan fingerprint density at radius 3 is 2.53 bits per heavy atom. The van der Waals surface area contributed by atoms with Crippen LogP contribution in [0.1, 0.15) is 24.5 Å². The standard InChI is InChI=1S/C10H13N5/c1-7-12-8(2)14-10(13-7)15-6-4-5-9(15)11-3/h9H,4-6H2,1-2H3/t9-/m0/s1. The second-order valence-electron chi connectivity index (χ2n) is 3.68. The van der Waals surface area contributed by atoms with Crippen LogP contribution in [-0.2, 0) is 0 Å². The van der Waals surface area contributed by atoms with E-state index < -0.39 is 0 Å². The summed E-state index contributed by atoms with van der Waals surface area (Å²) in [6, 6.07) is 0. The molecule has 5 heteroatoms. The summed E-state index contributed by atoms with van der Waals surface area (Å²) in [6.45, 7) is 11.7. The lowest BCUT2D eigenvalue weighted by Crippen LogP contribution is -2.28. The molecule has 0 radical (unpaired) electrons. The molecular formula is C10H13N5. The highest BCUT2D eigenvalue weighted by Gasteiger charge is 2.31. The summed E-state index contributed by atoms with van der Waals surface area (Å²) in [7, 11) is 0. The monoisotopic (exact) mass is 203 g/mol. The van der Waals surface area contributed by atoms with Crippen LogP contribution in [0.4, 0.5) is 5.95 Å². The fraction of sp³-hybridized carbons (Fsp3) is 0.600. The smallest absolute Gasteiger partial charge is 0.290 e. The Kier molecular flexibility index (Phi) is 2.50. The minimum Gasteiger partial charge on any atom is -0.290 e. The minimum absolute atomic E-state index is 0.0915. The molecule has 2 rings (SSSR count). The zero-order chi connectivity index (χ0) is 10.8. The van der Waals surface area contributed by atoms with E-state index in [-0.39, 0.29) is 6.17 Å². The van der Waals surface area contributed by atoms with E-state index >= 15 is 0 Å². The van der Waals surface area contributed by atoms with Crippen LogP contribution in [-0.4, -0.2) is 27.7 Å². The molecule has 1 aliphatic rings. The maximum absolute atomic E-state index is 7.10. The Morgan fingerprint density at radius 1 is 1.27 bits per heavy atom. The number of hydrogen-bond acceptors (Lipinski definition) is 4. The number of rotatable bonds is 1. The highest BCUT2D eigenvalue weighted by molar-refractivity contribution is 5.34. The third-order valence-corrected chi connectivity index (χ3v) is 2.47. The first-order valence-corrected chi connectivity index (χ1v) is 5.03. The second-order valence-corrected chi connectivity index (χ2v) is 3.68. The average molecular weight is 203 g/mol. The predicted octanol–water partition coefficient (Wildman–Crippen LogP) is 1.33. The third-order valence-electron chi connectivity index (χ3n) is 2.47. The second kappa shape index (κ2) is 3.81. The van der Waals surface area contributed by atoms with E-state index in [0.29, 0.717) is 17.6 Å². The molecule has 5 nitrogen and oxygen atoms in total. The van der Waals surface area contributed by atoms with Crippen LogP contribution in [0.2, 0.25) is 0 Å². The molecule has 0 amide bonds. The van der Waals surface area contributed by atoms with Gasteiger partial charge in [0, 0.05) is 13.0 Å². The topological polar surface area (TPSA) is 46.3 Å². The van der Waals surface area contributed by atoms with Gasteiger partial charge >= 0.3 is 6.17 Å². The molecule has 0 aliphatic carbocycles. The van der Waals surface area contributed by atoms with Crippen LogP contribution in [0.15, 0.2) is 0 Å². The zero-order valence-electron chi connectivity index (χ0n) is 8.93. The van der Waals surface area contributed by atoms with Gasteiger partial charge in [-0.1, -0.05) is 0 Å². The zero-order valence-corrected chi connectivity index (χ0v) is 8.93. The average Bonchev–Trinajstić information content (AvgIpc) is 2.63. The van der Waals surface area contributed by atoms with Gasteiger partial charge in [0.15, 0.2) is 0 Å². The van der Waals surface area contributed by atoms with Gasteiger partial charge in [-0.2, -0.15) is 9.97 Å². The van der Waals surface area contributed by atoms with E-state index in [1.54, 1.807) is 0 Å². The normalized spacial score (nSPS) is 20.3. The van der Waals surface area contributed by atoms with Gasteiger partial charge < -0.3 is 0 Å². The van der Waals surface area contributed by atoms with Crippen molar-refractivity contribution >= 4 is 5.95 Å². The van der Waals surface area contributed by atoms with Gasteiger partial charge in [0.2, 0.25) is 5.95 Å². The first kappa shape index (κ1) is 9.84. The highest BCUT2D eigenvalue weighted by Crippen LogP contribution is 2.22. The lowest BCUT2D eigenvalue weighted by atomic mass is 10.3. The fourth-order valence-corrected chi connectivity index (χ4v) is 1.84. The first-order valence-electron chi connectivity index (χ1n) is 5.03. The lowest BCUT2D eigenvalue weighted by Gasteiger charge is -2.16. The van der Waals surface area contributed by atoms with E-state index in [2.05, 4.69) is 19.8 Å². The van der Waals surface area contributed by atoms with Crippen molar-refractivity contribution in [1.29, 1.82) is 0 Å². The summed E-state index contributed by atoms with van der Waals surface area (Å²) in [6.07, 6.45) is 1.86. The van der Waals surface area contributed by atoms with Gasteiger partial charge in [-0.15, -0.1) is 0 Å². The Balaban J connectivity index is 2.33. The van der Waals surface area contributed by atoms with Crippen molar-refractivity contribution in [2.75, 3.05) is 11.4 Å². The Morgan fingerprint density at radius 2 is 1.93 bits per heavy atom. The molecule has 0 bridgehead atoms.